The van der Waals surface area contributed by atoms with Gasteiger partial charge in [0.25, 0.3) is 0 Å². The number of amides is 1. The molecule has 2 aliphatic rings. The summed E-state index contributed by atoms with van der Waals surface area (Å²) in [6.45, 7) is 6.77. The third-order valence-electron chi connectivity index (χ3n) is 5.27. The number of piperazine rings is 1. The fourth-order valence-corrected chi connectivity index (χ4v) is 4.68. The van der Waals surface area contributed by atoms with Crippen molar-refractivity contribution in [1.82, 2.24) is 9.80 Å². The van der Waals surface area contributed by atoms with Crippen LogP contribution in [-0.2, 0) is 4.79 Å². The number of fused-ring (bicyclic) bond motifs is 1. The Labute approximate surface area is 171 Å². The van der Waals surface area contributed by atoms with Gasteiger partial charge in [-0.05, 0) is 24.3 Å². The molecule has 148 valence electrons. The lowest BCUT2D eigenvalue weighted by Gasteiger charge is -2.36. The molecule has 1 fully saturated rings. The molecule has 28 heavy (non-hydrogen) atoms. The molecule has 0 radical (unpaired) electrons. The molecule has 0 bridgehead atoms. The Morgan fingerprint density at radius 3 is 2.43 bits per heavy atom. The Hall–Kier alpha value is -2.02. The van der Waals surface area contributed by atoms with Gasteiger partial charge in [-0.2, -0.15) is 0 Å². The highest BCUT2D eigenvalue weighted by Gasteiger charge is 2.25. The summed E-state index contributed by atoms with van der Waals surface area (Å²) in [7, 11) is 0. The third kappa shape index (κ3) is 4.87. The lowest BCUT2D eigenvalue weighted by molar-refractivity contribution is -0.120. The SMILES string of the molecule is O=C(CN1CCN(CCOc2ccccc2)CC1)N1CCSc2ccccc21. The van der Waals surface area contributed by atoms with Crippen LogP contribution in [0.2, 0.25) is 0 Å². The minimum Gasteiger partial charge on any atom is -0.492 e. The van der Waals surface area contributed by atoms with Crippen LogP contribution in [0, 0.1) is 0 Å². The molecule has 5 nitrogen and oxygen atoms in total. The molecule has 0 saturated carbocycles. The minimum atomic E-state index is 0.216. The molecule has 2 aromatic carbocycles. The van der Waals surface area contributed by atoms with Crippen LogP contribution in [0.15, 0.2) is 59.5 Å². The van der Waals surface area contributed by atoms with Gasteiger partial charge in [-0.15, -0.1) is 11.8 Å². The van der Waals surface area contributed by atoms with Crippen LogP contribution < -0.4 is 9.64 Å². The predicted molar refractivity (Wildman–Crippen MR) is 114 cm³/mol. The van der Waals surface area contributed by atoms with Crippen molar-refractivity contribution in [3.8, 4) is 5.75 Å². The maximum absolute atomic E-state index is 12.9. The van der Waals surface area contributed by atoms with Crippen molar-refractivity contribution in [3.05, 3.63) is 54.6 Å². The first-order valence-corrected chi connectivity index (χ1v) is 10.9. The van der Waals surface area contributed by atoms with E-state index in [9.17, 15) is 4.79 Å². The standard InChI is InChI=1S/C22H27N3O2S/c26-22(25-15-17-28-21-9-5-4-8-20(21)25)18-24-12-10-23(11-13-24)14-16-27-19-6-2-1-3-7-19/h1-9H,10-18H2. The number of benzene rings is 2. The Morgan fingerprint density at radius 2 is 1.61 bits per heavy atom. The second-order valence-corrected chi connectivity index (χ2v) is 8.28. The van der Waals surface area contributed by atoms with Crippen LogP contribution >= 0.6 is 11.8 Å². The van der Waals surface area contributed by atoms with Gasteiger partial charge in [0.05, 0.1) is 12.2 Å². The van der Waals surface area contributed by atoms with Gasteiger partial charge in [-0.25, -0.2) is 0 Å². The van der Waals surface area contributed by atoms with E-state index in [0.29, 0.717) is 13.2 Å². The molecule has 1 amide bonds. The Balaban J connectivity index is 1.21. The van der Waals surface area contributed by atoms with Gasteiger partial charge in [0.15, 0.2) is 0 Å². The van der Waals surface area contributed by atoms with Gasteiger partial charge in [0.1, 0.15) is 12.4 Å². The Kier molecular flexibility index (Phi) is 6.52. The van der Waals surface area contributed by atoms with Gasteiger partial charge >= 0.3 is 0 Å². The Morgan fingerprint density at radius 1 is 0.893 bits per heavy atom. The Bertz CT molecular complexity index is 778. The number of hydrogen-bond donors (Lipinski definition) is 0. The van der Waals surface area contributed by atoms with E-state index in [-0.39, 0.29) is 5.91 Å². The first-order chi connectivity index (χ1) is 13.8. The lowest BCUT2D eigenvalue weighted by Crippen LogP contribution is -2.51. The topological polar surface area (TPSA) is 36.0 Å². The molecule has 0 N–H and O–H groups in total. The summed E-state index contributed by atoms with van der Waals surface area (Å²) < 4.78 is 5.79. The van der Waals surface area contributed by atoms with E-state index in [4.69, 9.17) is 4.74 Å². The highest BCUT2D eigenvalue weighted by atomic mass is 32.2. The molecule has 0 spiro atoms. The van der Waals surface area contributed by atoms with Crippen LogP contribution in [0.4, 0.5) is 5.69 Å². The third-order valence-corrected chi connectivity index (χ3v) is 6.32. The minimum absolute atomic E-state index is 0.216. The highest BCUT2D eigenvalue weighted by molar-refractivity contribution is 7.99. The molecule has 0 aliphatic carbocycles. The van der Waals surface area contributed by atoms with E-state index in [1.807, 2.05) is 59.1 Å². The summed E-state index contributed by atoms with van der Waals surface area (Å²) in [5.41, 5.74) is 1.07. The van der Waals surface area contributed by atoms with Crippen LogP contribution in [0.25, 0.3) is 0 Å². The zero-order valence-corrected chi connectivity index (χ0v) is 16.9. The number of carbonyl (C=O) groups excluding carboxylic acids is 1. The molecular formula is C22H27N3O2S. The number of anilines is 1. The number of rotatable bonds is 6. The second-order valence-electron chi connectivity index (χ2n) is 7.14. The van der Waals surface area contributed by atoms with E-state index in [1.54, 1.807) is 0 Å². The van der Waals surface area contributed by atoms with E-state index in [2.05, 4.69) is 21.9 Å². The number of hydrogen-bond acceptors (Lipinski definition) is 5. The number of ether oxygens (including phenoxy) is 1. The average Bonchev–Trinajstić information content (AvgIpc) is 2.75. The molecule has 0 unspecified atom stereocenters. The van der Waals surface area contributed by atoms with E-state index in [0.717, 1.165) is 56.5 Å². The van der Waals surface area contributed by atoms with Gasteiger partial charge in [-0.1, -0.05) is 30.3 Å². The molecule has 2 aliphatic heterocycles. The monoisotopic (exact) mass is 397 g/mol. The molecule has 6 heteroatoms. The van der Waals surface area contributed by atoms with Crippen LogP contribution in [0.1, 0.15) is 0 Å². The zero-order valence-electron chi connectivity index (χ0n) is 16.1. The summed E-state index contributed by atoms with van der Waals surface area (Å²) in [6.07, 6.45) is 0. The van der Waals surface area contributed by atoms with Gasteiger partial charge in [0, 0.05) is 49.9 Å². The lowest BCUT2D eigenvalue weighted by atomic mass is 10.2. The number of para-hydroxylation sites is 2. The van der Waals surface area contributed by atoms with Gasteiger partial charge in [0.2, 0.25) is 5.91 Å². The maximum atomic E-state index is 12.9. The van der Waals surface area contributed by atoms with Crippen molar-refractivity contribution in [2.45, 2.75) is 4.90 Å². The first-order valence-electron chi connectivity index (χ1n) is 9.94. The quantitative estimate of drug-likeness (QED) is 0.749. The largest absolute Gasteiger partial charge is 0.492 e. The molecule has 1 saturated heterocycles. The number of carbonyl (C=O) groups is 1. The van der Waals surface area contributed by atoms with Crippen molar-refractivity contribution in [1.29, 1.82) is 0 Å². The van der Waals surface area contributed by atoms with Crippen LogP contribution in [0.5, 0.6) is 5.75 Å². The van der Waals surface area contributed by atoms with Crippen molar-refractivity contribution in [2.75, 3.05) is 63.1 Å². The molecule has 0 aromatic heterocycles. The summed E-state index contributed by atoms with van der Waals surface area (Å²) in [5.74, 6) is 2.11. The first kappa shape index (κ1) is 19.3. The van der Waals surface area contributed by atoms with Crippen molar-refractivity contribution < 1.29 is 9.53 Å². The van der Waals surface area contributed by atoms with E-state index >= 15 is 0 Å². The fourth-order valence-electron chi connectivity index (χ4n) is 3.69. The highest BCUT2D eigenvalue weighted by Crippen LogP contribution is 2.34. The normalized spacial score (nSPS) is 17.9. The average molecular weight is 398 g/mol. The van der Waals surface area contributed by atoms with Crippen LogP contribution in [0.3, 0.4) is 0 Å². The molecule has 4 rings (SSSR count). The number of thioether (sulfide) groups is 1. The van der Waals surface area contributed by atoms with Crippen molar-refractivity contribution in [2.24, 2.45) is 0 Å². The van der Waals surface area contributed by atoms with Crippen molar-refractivity contribution >= 4 is 23.4 Å². The van der Waals surface area contributed by atoms with E-state index < -0.39 is 0 Å². The van der Waals surface area contributed by atoms with E-state index in [1.165, 1.54) is 4.90 Å². The molecule has 2 aromatic rings. The van der Waals surface area contributed by atoms with Crippen molar-refractivity contribution in [3.63, 3.8) is 0 Å². The summed E-state index contributed by atoms with van der Waals surface area (Å²) in [6, 6.07) is 18.2. The number of nitrogens with zero attached hydrogens (tertiary/aromatic N) is 3. The van der Waals surface area contributed by atoms with Crippen LogP contribution in [-0.4, -0.2) is 73.9 Å². The summed E-state index contributed by atoms with van der Waals surface area (Å²) in [4.78, 5) is 20.8. The predicted octanol–water partition coefficient (Wildman–Crippen LogP) is 2.82. The molecule has 2 heterocycles. The molecule has 0 atom stereocenters. The summed E-state index contributed by atoms with van der Waals surface area (Å²) >= 11 is 1.84. The fraction of sp³-hybridized carbons (Fsp3) is 0.409. The molecular weight excluding hydrogens is 370 g/mol. The van der Waals surface area contributed by atoms with Gasteiger partial charge < -0.3 is 9.64 Å². The smallest absolute Gasteiger partial charge is 0.241 e. The summed E-state index contributed by atoms with van der Waals surface area (Å²) in [5, 5.41) is 0. The second kappa shape index (κ2) is 9.45. The zero-order chi connectivity index (χ0) is 19.2. The van der Waals surface area contributed by atoms with Gasteiger partial charge in [-0.3, -0.25) is 14.6 Å². The maximum Gasteiger partial charge on any atom is 0.241 e.